The SMILES string of the molecule is C/C=C(/C)CS(=O)(=O)O. The summed E-state index contributed by atoms with van der Waals surface area (Å²) in [5, 5.41) is 0. The number of hydrogen-bond acceptors (Lipinski definition) is 2. The van der Waals surface area contributed by atoms with Gasteiger partial charge in [0.2, 0.25) is 0 Å². The highest BCUT2D eigenvalue weighted by Crippen LogP contribution is 1.95. The van der Waals surface area contributed by atoms with Gasteiger partial charge in [-0.25, -0.2) is 0 Å². The fourth-order valence-electron chi connectivity index (χ4n) is 0.371. The molecular weight excluding hydrogens is 140 g/mol. The van der Waals surface area contributed by atoms with Crippen molar-refractivity contribution in [3.05, 3.63) is 11.6 Å². The summed E-state index contributed by atoms with van der Waals surface area (Å²) in [6, 6.07) is 0. The van der Waals surface area contributed by atoms with Gasteiger partial charge in [-0.05, 0) is 13.8 Å². The first-order chi connectivity index (χ1) is 3.95. The van der Waals surface area contributed by atoms with E-state index in [-0.39, 0.29) is 5.75 Å². The van der Waals surface area contributed by atoms with E-state index in [1.165, 1.54) is 0 Å². The molecule has 0 saturated carbocycles. The van der Waals surface area contributed by atoms with E-state index in [1.54, 1.807) is 19.9 Å². The zero-order valence-corrected chi connectivity index (χ0v) is 6.27. The van der Waals surface area contributed by atoms with E-state index in [0.29, 0.717) is 5.57 Å². The van der Waals surface area contributed by atoms with Crippen LogP contribution < -0.4 is 0 Å². The van der Waals surface area contributed by atoms with Gasteiger partial charge in [0.15, 0.2) is 0 Å². The molecule has 0 radical (unpaired) electrons. The van der Waals surface area contributed by atoms with Crippen molar-refractivity contribution in [2.45, 2.75) is 13.8 Å². The first-order valence-electron chi connectivity index (χ1n) is 2.52. The van der Waals surface area contributed by atoms with Gasteiger partial charge in [0.25, 0.3) is 10.1 Å². The van der Waals surface area contributed by atoms with Gasteiger partial charge in [-0.3, -0.25) is 4.55 Å². The zero-order valence-electron chi connectivity index (χ0n) is 5.46. The van der Waals surface area contributed by atoms with Gasteiger partial charge in [0, 0.05) is 0 Å². The molecular formula is C5H10O3S. The summed E-state index contributed by atoms with van der Waals surface area (Å²) in [6.45, 7) is 3.37. The molecule has 0 unspecified atom stereocenters. The van der Waals surface area contributed by atoms with Crippen LogP contribution in [0.4, 0.5) is 0 Å². The van der Waals surface area contributed by atoms with E-state index >= 15 is 0 Å². The van der Waals surface area contributed by atoms with Gasteiger partial charge in [0.05, 0.1) is 5.75 Å². The van der Waals surface area contributed by atoms with Crippen molar-refractivity contribution in [3.63, 3.8) is 0 Å². The van der Waals surface area contributed by atoms with E-state index in [4.69, 9.17) is 4.55 Å². The lowest BCUT2D eigenvalue weighted by Crippen LogP contribution is -2.04. The van der Waals surface area contributed by atoms with Crippen LogP contribution in [0.1, 0.15) is 13.8 Å². The first kappa shape index (κ1) is 8.65. The van der Waals surface area contributed by atoms with Crippen LogP contribution in [0.15, 0.2) is 11.6 Å². The van der Waals surface area contributed by atoms with Gasteiger partial charge in [-0.15, -0.1) is 0 Å². The third-order valence-corrected chi connectivity index (χ3v) is 1.72. The normalized spacial score (nSPS) is 13.9. The van der Waals surface area contributed by atoms with Crippen molar-refractivity contribution in [1.82, 2.24) is 0 Å². The van der Waals surface area contributed by atoms with Crippen LogP contribution in [-0.4, -0.2) is 18.7 Å². The molecule has 0 aliphatic heterocycles. The Hall–Kier alpha value is -0.350. The van der Waals surface area contributed by atoms with Crippen molar-refractivity contribution < 1.29 is 13.0 Å². The Morgan fingerprint density at radius 3 is 2.22 bits per heavy atom. The Balaban J connectivity index is 4.07. The lowest BCUT2D eigenvalue weighted by molar-refractivity contribution is 0.486. The largest absolute Gasteiger partial charge is 0.285 e. The minimum absolute atomic E-state index is 0.260. The number of hydrogen-bond donors (Lipinski definition) is 1. The second kappa shape index (κ2) is 2.98. The van der Waals surface area contributed by atoms with Crippen LogP contribution >= 0.6 is 0 Å². The van der Waals surface area contributed by atoms with Gasteiger partial charge >= 0.3 is 0 Å². The predicted molar refractivity (Wildman–Crippen MR) is 35.8 cm³/mol. The van der Waals surface area contributed by atoms with E-state index in [9.17, 15) is 8.42 Å². The molecule has 0 heterocycles. The Kier molecular flexibility index (Phi) is 2.87. The third-order valence-electron chi connectivity index (χ3n) is 0.903. The number of allylic oxidation sites excluding steroid dienone is 1. The molecule has 1 N–H and O–H groups in total. The average Bonchev–Trinajstić information content (AvgIpc) is 1.62. The number of rotatable bonds is 2. The quantitative estimate of drug-likeness (QED) is 0.468. The van der Waals surface area contributed by atoms with E-state index in [2.05, 4.69) is 0 Å². The van der Waals surface area contributed by atoms with Crippen LogP contribution in [-0.2, 0) is 10.1 Å². The highest BCUT2D eigenvalue weighted by molar-refractivity contribution is 7.85. The average molecular weight is 150 g/mol. The molecule has 0 amide bonds. The van der Waals surface area contributed by atoms with Crippen molar-refractivity contribution in [3.8, 4) is 0 Å². The monoisotopic (exact) mass is 150 g/mol. The van der Waals surface area contributed by atoms with Crippen LogP contribution in [0, 0.1) is 0 Å². The van der Waals surface area contributed by atoms with Gasteiger partial charge < -0.3 is 0 Å². The summed E-state index contributed by atoms with van der Waals surface area (Å²) in [6.07, 6.45) is 1.65. The van der Waals surface area contributed by atoms with Gasteiger partial charge in [0.1, 0.15) is 0 Å². The molecule has 0 aromatic rings. The third kappa shape index (κ3) is 5.52. The van der Waals surface area contributed by atoms with Crippen molar-refractivity contribution in [1.29, 1.82) is 0 Å². The lowest BCUT2D eigenvalue weighted by atomic mass is 10.3. The summed E-state index contributed by atoms with van der Waals surface area (Å²) in [4.78, 5) is 0. The second-order valence-corrected chi connectivity index (χ2v) is 3.31. The standard InChI is InChI=1S/C5H10O3S/c1-3-5(2)4-9(6,7)8/h3H,4H2,1-2H3,(H,6,7,8)/b5-3-. The van der Waals surface area contributed by atoms with Crippen LogP contribution in [0.25, 0.3) is 0 Å². The second-order valence-electron chi connectivity index (χ2n) is 1.86. The van der Waals surface area contributed by atoms with Crippen LogP contribution in [0.2, 0.25) is 0 Å². The van der Waals surface area contributed by atoms with E-state index in [0.717, 1.165) is 0 Å². The molecule has 0 aromatic carbocycles. The minimum atomic E-state index is -3.80. The Labute approximate surface area is 55.1 Å². The van der Waals surface area contributed by atoms with Gasteiger partial charge in [-0.2, -0.15) is 8.42 Å². The van der Waals surface area contributed by atoms with E-state index < -0.39 is 10.1 Å². The highest BCUT2D eigenvalue weighted by Gasteiger charge is 2.03. The summed E-state index contributed by atoms with van der Waals surface area (Å²) in [5.41, 5.74) is 0.650. The molecule has 3 nitrogen and oxygen atoms in total. The molecule has 9 heavy (non-hydrogen) atoms. The van der Waals surface area contributed by atoms with Crippen molar-refractivity contribution in [2.24, 2.45) is 0 Å². The molecule has 0 rings (SSSR count). The summed E-state index contributed by atoms with van der Waals surface area (Å²) in [5.74, 6) is -0.260. The molecule has 4 heteroatoms. The predicted octanol–water partition coefficient (Wildman–Crippen LogP) is 0.840. The summed E-state index contributed by atoms with van der Waals surface area (Å²) < 4.78 is 28.5. The molecule has 0 aromatic heterocycles. The van der Waals surface area contributed by atoms with Crippen molar-refractivity contribution >= 4 is 10.1 Å². The maximum atomic E-state index is 10.1. The zero-order chi connectivity index (χ0) is 7.49. The van der Waals surface area contributed by atoms with Crippen LogP contribution in [0.3, 0.4) is 0 Å². The fraction of sp³-hybridized carbons (Fsp3) is 0.600. The summed E-state index contributed by atoms with van der Waals surface area (Å²) >= 11 is 0. The Bertz CT molecular complexity index is 200. The molecule has 0 saturated heterocycles. The van der Waals surface area contributed by atoms with Crippen LogP contribution in [0.5, 0.6) is 0 Å². The highest BCUT2D eigenvalue weighted by atomic mass is 32.2. The maximum absolute atomic E-state index is 10.1. The molecule has 0 bridgehead atoms. The fourth-order valence-corrected chi connectivity index (χ4v) is 1.11. The minimum Gasteiger partial charge on any atom is -0.285 e. The van der Waals surface area contributed by atoms with Gasteiger partial charge in [-0.1, -0.05) is 11.6 Å². The topological polar surface area (TPSA) is 54.4 Å². The maximum Gasteiger partial charge on any atom is 0.268 e. The molecule has 0 aliphatic rings. The molecule has 0 atom stereocenters. The lowest BCUT2D eigenvalue weighted by Gasteiger charge is -1.93. The molecule has 54 valence electrons. The molecule has 0 fully saturated rings. The smallest absolute Gasteiger partial charge is 0.268 e. The van der Waals surface area contributed by atoms with E-state index in [1.807, 2.05) is 0 Å². The van der Waals surface area contributed by atoms with Crippen molar-refractivity contribution in [2.75, 3.05) is 5.75 Å². The Morgan fingerprint density at radius 1 is 1.67 bits per heavy atom. The summed E-state index contributed by atoms with van der Waals surface area (Å²) in [7, 11) is -3.80. The molecule has 0 spiro atoms. The first-order valence-corrected chi connectivity index (χ1v) is 4.13. The Morgan fingerprint density at radius 2 is 2.11 bits per heavy atom. The molecule has 0 aliphatic carbocycles.